The van der Waals surface area contributed by atoms with E-state index in [1.807, 2.05) is 18.2 Å². The Labute approximate surface area is 190 Å². The number of anilines is 1. The van der Waals surface area contributed by atoms with E-state index in [0.717, 1.165) is 39.1 Å². The Bertz CT molecular complexity index is 927. The first-order valence-electron chi connectivity index (χ1n) is 11.3. The Morgan fingerprint density at radius 1 is 1.03 bits per heavy atom. The summed E-state index contributed by atoms with van der Waals surface area (Å²) in [5.41, 5.74) is 3.99. The molecular formula is C25H34N4O3. The maximum Gasteiger partial charge on any atom is 0.258 e. The van der Waals surface area contributed by atoms with Gasteiger partial charge in [-0.1, -0.05) is 24.3 Å². The van der Waals surface area contributed by atoms with Crippen LogP contribution in [-0.2, 0) is 11.2 Å². The molecule has 1 fully saturated rings. The minimum atomic E-state index is -0.129. The number of piperazine rings is 1. The van der Waals surface area contributed by atoms with Gasteiger partial charge < -0.3 is 24.6 Å². The van der Waals surface area contributed by atoms with Gasteiger partial charge in [-0.3, -0.25) is 9.69 Å². The SMILES string of the molecule is COc1ccccc1OCC(=O)NC[C@@H](c1ccc2c(c1)CCN2C)N1CCN(C)CC1. The van der Waals surface area contributed by atoms with Gasteiger partial charge in [0.05, 0.1) is 13.2 Å². The highest BCUT2D eigenvalue weighted by Crippen LogP contribution is 2.31. The van der Waals surface area contributed by atoms with Gasteiger partial charge in [0.25, 0.3) is 5.91 Å². The molecule has 172 valence electrons. The Hall–Kier alpha value is -2.77. The molecule has 1 amide bonds. The van der Waals surface area contributed by atoms with Crippen molar-refractivity contribution in [3.05, 3.63) is 53.6 Å². The van der Waals surface area contributed by atoms with Crippen LogP contribution >= 0.6 is 0 Å². The van der Waals surface area contributed by atoms with Gasteiger partial charge in [-0.15, -0.1) is 0 Å². The number of rotatable bonds is 8. The molecule has 0 spiro atoms. The molecule has 0 aromatic heterocycles. The van der Waals surface area contributed by atoms with Crippen LogP contribution in [0.2, 0.25) is 0 Å². The van der Waals surface area contributed by atoms with Crippen molar-refractivity contribution in [3.63, 3.8) is 0 Å². The molecule has 7 heteroatoms. The van der Waals surface area contributed by atoms with Crippen molar-refractivity contribution in [2.24, 2.45) is 0 Å². The Morgan fingerprint density at radius 2 is 1.78 bits per heavy atom. The molecule has 0 bridgehead atoms. The number of nitrogens with zero attached hydrogens (tertiary/aromatic N) is 3. The zero-order valence-corrected chi connectivity index (χ0v) is 19.3. The fourth-order valence-corrected chi connectivity index (χ4v) is 4.53. The van der Waals surface area contributed by atoms with Crippen LogP contribution in [0.15, 0.2) is 42.5 Å². The predicted octanol–water partition coefficient (Wildman–Crippen LogP) is 2.17. The van der Waals surface area contributed by atoms with E-state index in [9.17, 15) is 4.79 Å². The second-order valence-corrected chi connectivity index (χ2v) is 8.66. The van der Waals surface area contributed by atoms with Crippen LogP contribution in [0.3, 0.4) is 0 Å². The zero-order chi connectivity index (χ0) is 22.5. The molecule has 32 heavy (non-hydrogen) atoms. The summed E-state index contributed by atoms with van der Waals surface area (Å²) in [4.78, 5) is 19.8. The highest BCUT2D eigenvalue weighted by molar-refractivity contribution is 5.77. The van der Waals surface area contributed by atoms with Crippen molar-refractivity contribution in [2.45, 2.75) is 12.5 Å². The third-order valence-corrected chi connectivity index (χ3v) is 6.52. The summed E-state index contributed by atoms with van der Waals surface area (Å²) in [7, 11) is 5.90. The number of likely N-dealkylation sites (N-methyl/N-ethyl adjacent to an activating group) is 2. The molecule has 2 aromatic rings. The van der Waals surface area contributed by atoms with Gasteiger partial charge in [-0.2, -0.15) is 0 Å². The quantitative estimate of drug-likeness (QED) is 0.682. The number of ether oxygens (including phenoxy) is 2. The zero-order valence-electron chi connectivity index (χ0n) is 19.3. The second-order valence-electron chi connectivity index (χ2n) is 8.66. The van der Waals surface area contributed by atoms with E-state index in [2.05, 4.69) is 52.3 Å². The minimum Gasteiger partial charge on any atom is -0.493 e. The molecule has 2 aromatic carbocycles. The summed E-state index contributed by atoms with van der Waals surface area (Å²) in [6.07, 6.45) is 1.08. The first kappa shape index (κ1) is 22.4. The highest BCUT2D eigenvalue weighted by atomic mass is 16.5. The van der Waals surface area contributed by atoms with Crippen molar-refractivity contribution in [3.8, 4) is 11.5 Å². The standard InChI is InChI=1S/C25H34N4O3/c1-27-12-14-29(15-13-27)22(19-8-9-21-20(16-19)10-11-28(21)2)17-26-25(30)18-32-24-7-5-4-6-23(24)31-3/h4-9,16,22H,10-15,17-18H2,1-3H3,(H,26,30)/t22-/m0/s1. The summed E-state index contributed by atoms with van der Waals surface area (Å²) >= 11 is 0. The molecule has 2 aliphatic rings. The number of para-hydroxylation sites is 2. The van der Waals surface area contributed by atoms with Gasteiger partial charge in [-0.25, -0.2) is 0 Å². The molecule has 1 atom stereocenters. The van der Waals surface area contributed by atoms with Crippen molar-refractivity contribution >= 4 is 11.6 Å². The van der Waals surface area contributed by atoms with Crippen LogP contribution in [0.25, 0.3) is 0 Å². The fourth-order valence-electron chi connectivity index (χ4n) is 4.53. The Balaban J connectivity index is 1.42. The summed E-state index contributed by atoms with van der Waals surface area (Å²) in [5, 5.41) is 3.10. The number of carbonyl (C=O) groups excluding carboxylic acids is 1. The monoisotopic (exact) mass is 438 g/mol. The number of hydrogen-bond donors (Lipinski definition) is 1. The van der Waals surface area contributed by atoms with Gasteiger partial charge >= 0.3 is 0 Å². The van der Waals surface area contributed by atoms with E-state index >= 15 is 0 Å². The van der Waals surface area contributed by atoms with Crippen LogP contribution < -0.4 is 19.7 Å². The van der Waals surface area contributed by atoms with Crippen LogP contribution in [0.4, 0.5) is 5.69 Å². The lowest BCUT2D eigenvalue weighted by molar-refractivity contribution is -0.123. The van der Waals surface area contributed by atoms with E-state index in [-0.39, 0.29) is 18.6 Å². The number of benzene rings is 2. The smallest absolute Gasteiger partial charge is 0.258 e. The molecule has 0 aliphatic carbocycles. The van der Waals surface area contributed by atoms with Crippen molar-refractivity contribution in [1.29, 1.82) is 0 Å². The summed E-state index contributed by atoms with van der Waals surface area (Å²) in [6, 6.07) is 14.3. The lowest BCUT2D eigenvalue weighted by Crippen LogP contribution is -2.48. The predicted molar refractivity (Wildman–Crippen MR) is 127 cm³/mol. The van der Waals surface area contributed by atoms with Gasteiger partial charge in [0.15, 0.2) is 18.1 Å². The summed E-state index contributed by atoms with van der Waals surface area (Å²) in [6.45, 7) is 5.65. The van der Waals surface area contributed by atoms with E-state index in [1.165, 1.54) is 16.8 Å². The topological polar surface area (TPSA) is 57.3 Å². The largest absolute Gasteiger partial charge is 0.493 e. The molecule has 0 radical (unpaired) electrons. The van der Waals surface area contributed by atoms with Crippen molar-refractivity contribution in [2.75, 3.05) is 72.0 Å². The number of hydrogen-bond acceptors (Lipinski definition) is 6. The van der Waals surface area contributed by atoms with Gasteiger partial charge in [0.1, 0.15) is 0 Å². The first-order valence-corrected chi connectivity index (χ1v) is 11.3. The van der Waals surface area contributed by atoms with Crippen molar-refractivity contribution in [1.82, 2.24) is 15.1 Å². The van der Waals surface area contributed by atoms with E-state index in [1.54, 1.807) is 13.2 Å². The average Bonchev–Trinajstić information content (AvgIpc) is 3.19. The molecule has 1 N–H and O–H groups in total. The van der Waals surface area contributed by atoms with Gasteiger partial charge in [-0.05, 0) is 42.8 Å². The maximum absolute atomic E-state index is 12.6. The first-order chi connectivity index (χ1) is 15.5. The second kappa shape index (κ2) is 10.2. The Kier molecular flexibility index (Phi) is 7.17. The highest BCUT2D eigenvalue weighted by Gasteiger charge is 2.26. The third-order valence-electron chi connectivity index (χ3n) is 6.52. The lowest BCUT2D eigenvalue weighted by Gasteiger charge is -2.38. The number of amides is 1. The molecule has 2 aliphatic heterocycles. The summed E-state index contributed by atoms with van der Waals surface area (Å²) < 4.78 is 11.0. The van der Waals surface area contributed by atoms with Crippen LogP contribution in [0.1, 0.15) is 17.2 Å². The van der Waals surface area contributed by atoms with E-state index in [4.69, 9.17) is 9.47 Å². The van der Waals surface area contributed by atoms with Gasteiger partial charge in [0, 0.05) is 52.0 Å². The maximum atomic E-state index is 12.6. The Morgan fingerprint density at radius 3 is 2.53 bits per heavy atom. The molecule has 1 saturated heterocycles. The number of fused-ring (bicyclic) bond motifs is 1. The number of carbonyl (C=O) groups is 1. The summed E-state index contributed by atoms with van der Waals surface area (Å²) in [5.74, 6) is 1.07. The molecule has 0 unspecified atom stereocenters. The molecular weight excluding hydrogens is 404 g/mol. The normalized spacial score (nSPS) is 17.7. The van der Waals surface area contributed by atoms with Gasteiger partial charge in [0.2, 0.25) is 0 Å². The van der Waals surface area contributed by atoms with Crippen LogP contribution in [0.5, 0.6) is 11.5 Å². The van der Waals surface area contributed by atoms with E-state index < -0.39 is 0 Å². The number of methoxy groups -OCH3 is 1. The molecule has 0 saturated carbocycles. The van der Waals surface area contributed by atoms with Crippen LogP contribution in [0, 0.1) is 0 Å². The van der Waals surface area contributed by atoms with Crippen LogP contribution in [-0.4, -0.2) is 82.8 Å². The molecule has 7 nitrogen and oxygen atoms in total. The average molecular weight is 439 g/mol. The lowest BCUT2D eigenvalue weighted by atomic mass is 10.00. The van der Waals surface area contributed by atoms with Crippen molar-refractivity contribution < 1.29 is 14.3 Å². The van der Waals surface area contributed by atoms with E-state index in [0.29, 0.717) is 18.0 Å². The minimum absolute atomic E-state index is 0.0369. The fraction of sp³-hybridized carbons (Fsp3) is 0.480. The third kappa shape index (κ3) is 5.16. The molecule has 4 rings (SSSR count). The number of nitrogens with one attached hydrogen (secondary N) is 1. The molecule has 2 heterocycles.